The molecule has 0 aliphatic carbocycles. The van der Waals surface area contributed by atoms with Gasteiger partial charge in [0.1, 0.15) is 5.75 Å². The predicted molar refractivity (Wildman–Crippen MR) is 76.6 cm³/mol. The summed E-state index contributed by atoms with van der Waals surface area (Å²) in [6.45, 7) is 0. The van der Waals surface area contributed by atoms with Crippen LogP contribution in [0.25, 0.3) is 0 Å². The van der Waals surface area contributed by atoms with Crippen molar-refractivity contribution in [1.82, 2.24) is 4.98 Å². The highest BCUT2D eigenvalue weighted by Gasteiger charge is 2.10. The lowest BCUT2D eigenvalue weighted by atomic mass is 10.2. The van der Waals surface area contributed by atoms with Crippen molar-refractivity contribution in [2.75, 3.05) is 18.2 Å². The van der Waals surface area contributed by atoms with E-state index in [1.165, 1.54) is 18.4 Å². The molecule has 102 valence electrons. The molecule has 7 heteroatoms. The summed E-state index contributed by atoms with van der Waals surface area (Å²) in [5.74, 6) is 0.216. The highest BCUT2D eigenvalue weighted by Crippen LogP contribution is 2.25. The lowest BCUT2D eigenvalue weighted by Gasteiger charge is -2.09. The van der Waals surface area contributed by atoms with E-state index in [9.17, 15) is 4.79 Å². The molecule has 3 N–H and O–H groups in total. The molecule has 0 unspecified atom stereocenters. The quantitative estimate of drug-likeness (QED) is 0.893. The number of carbonyl (C=O) groups excluding carboxylic acids is 1. The monoisotopic (exact) mass is 288 g/mol. The zero-order chi connectivity index (χ0) is 14.5. The van der Waals surface area contributed by atoms with E-state index in [2.05, 4.69) is 10.3 Å². The number of ether oxygens (including phenoxy) is 1. The molecule has 0 spiro atoms. The minimum absolute atomic E-state index is 0.136. The van der Waals surface area contributed by atoms with Gasteiger partial charge in [-0.3, -0.25) is 4.79 Å². The number of rotatable bonds is 4. The highest BCUT2D eigenvalue weighted by atomic mass is 32.1. The molecule has 0 atom stereocenters. The van der Waals surface area contributed by atoms with Gasteiger partial charge in [0.15, 0.2) is 5.13 Å². The van der Waals surface area contributed by atoms with E-state index in [0.717, 1.165) is 0 Å². The minimum Gasteiger partial charge on any atom is -0.495 e. The van der Waals surface area contributed by atoms with E-state index >= 15 is 0 Å². The van der Waals surface area contributed by atoms with Gasteiger partial charge < -0.3 is 15.8 Å². The van der Waals surface area contributed by atoms with Crippen LogP contribution in [0, 0.1) is 11.3 Å². The van der Waals surface area contributed by atoms with Crippen LogP contribution in [0.1, 0.15) is 11.3 Å². The third-order valence-electron chi connectivity index (χ3n) is 2.52. The summed E-state index contributed by atoms with van der Waals surface area (Å²) < 4.78 is 5.14. The van der Waals surface area contributed by atoms with Crippen LogP contribution in [0.4, 0.5) is 10.8 Å². The second-order valence-corrected chi connectivity index (χ2v) is 4.82. The molecule has 0 saturated carbocycles. The number of aromatic nitrogens is 1. The average Bonchev–Trinajstić information content (AvgIpc) is 2.84. The van der Waals surface area contributed by atoms with Gasteiger partial charge in [-0.1, -0.05) is 0 Å². The number of amides is 1. The maximum Gasteiger partial charge on any atom is 0.230 e. The van der Waals surface area contributed by atoms with Gasteiger partial charge in [0.2, 0.25) is 5.91 Å². The Morgan fingerprint density at radius 1 is 1.60 bits per heavy atom. The molecule has 1 aromatic carbocycles. The number of anilines is 2. The molecule has 1 heterocycles. The Bertz CT molecular complexity index is 675. The first-order valence-electron chi connectivity index (χ1n) is 5.70. The van der Waals surface area contributed by atoms with Crippen molar-refractivity contribution >= 4 is 28.1 Å². The number of nitriles is 1. The van der Waals surface area contributed by atoms with Crippen LogP contribution in [0.15, 0.2) is 23.6 Å². The molecule has 6 nitrogen and oxygen atoms in total. The SMILES string of the molecule is COc1cc(C#N)ccc1NC(=O)Cc1csc(N)n1. The van der Waals surface area contributed by atoms with Crippen molar-refractivity contribution in [2.24, 2.45) is 0 Å². The Hall–Kier alpha value is -2.59. The Labute approximate surface area is 119 Å². The number of thiazole rings is 1. The average molecular weight is 288 g/mol. The van der Waals surface area contributed by atoms with Crippen molar-refractivity contribution in [3.8, 4) is 11.8 Å². The van der Waals surface area contributed by atoms with Crippen molar-refractivity contribution in [3.63, 3.8) is 0 Å². The summed E-state index contributed by atoms with van der Waals surface area (Å²) in [4.78, 5) is 15.9. The van der Waals surface area contributed by atoms with Gasteiger partial charge in [0.25, 0.3) is 0 Å². The summed E-state index contributed by atoms with van der Waals surface area (Å²) in [6, 6.07) is 6.82. The fourth-order valence-corrected chi connectivity index (χ4v) is 2.19. The summed E-state index contributed by atoms with van der Waals surface area (Å²) in [5.41, 5.74) is 7.11. The molecule has 0 fully saturated rings. The summed E-state index contributed by atoms with van der Waals surface area (Å²) in [7, 11) is 1.48. The van der Waals surface area contributed by atoms with Gasteiger partial charge in [0.05, 0.1) is 36.5 Å². The smallest absolute Gasteiger partial charge is 0.230 e. The number of hydrogen-bond donors (Lipinski definition) is 2. The number of benzene rings is 1. The van der Waals surface area contributed by atoms with Crippen LogP contribution in [0.2, 0.25) is 0 Å². The molecule has 0 aliphatic rings. The van der Waals surface area contributed by atoms with Crippen molar-refractivity contribution in [1.29, 1.82) is 5.26 Å². The number of nitrogen functional groups attached to an aromatic ring is 1. The molecular formula is C13H12N4O2S. The van der Waals surface area contributed by atoms with Gasteiger partial charge >= 0.3 is 0 Å². The summed E-state index contributed by atoms with van der Waals surface area (Å²) in [5, 5.41) is 13.7. The third-order valence-corrected chi connectivity index (χ3v) is 3.24. The number of nitrogens with zero attached hydrogens (tertiary/aromatic N) is 2. The van der Waals surface area contributed by atoms with Crippen LogP contribution in [0.5, 0.6) is 5.75 Å². The zero-order valence-electron chi connectivity index (χ0n) is 10.7. The van der Waals surface area contributed by atoms with Gasteiger partial charge in [-0.05, 0) is 12.1 Å². The second-order valence-electron chi connectivity index (χ2n) is 3.93. The molecule has 0 saturated heterocycles. The number of nitrogens with two attached hydrogens (primary N) is 1. The van der Waals surface area contributed by atoms with Crippen LogP contribution in [0.3, 0.4) is 0 Å². The Kier molecular flexibility index (Phi) is 4.17. The molecular weight excluding hydrogens is 276 g/mol. The predicted octanol–water partition coefficient (Wildman–Crippen LogP) is 1.79. The fraction of sp³-hybridized carbons (Fsp3) is 0.154. The Balaban J connectivity index is 2.09. The van der Waals surface area contributed by atoms with Gasteiger partial charge in [0, 0.05) is 11.4 Å². The number of nitrogens with one attached hydrogen (secondary N) is 1. The largest absolute Gasteiger partial charge is 0.495 e. The summed E-state index contributed by atoms with van der Waals surface area (Å²) >= 11 is 1.29. The zero-order valence-corrected chi connectivity index (χ0v) is 11.5. The van der Waals surface area contributed by atoms with Crippen LogP contribution in [-0.2, 0) is 11.2 Å². The van der Waals surface area contributed by atoms with E-state index in [1.54, 1.807) is 23.6 Å². The molecule has 0 radical (unpaired) electrons. The van der Waals surface area contributed by atoms with E-state index < -0.39 is 0 Å². The maximum atomic E-state index is 11.9. The highest BCUT2D eigenvalue weighted by molar-refractivity contribution is 7.13. The fourth-order valence-electron chi connectivity index (χ4n) is 1.63. The lowest BCUT2D eigenvalue weighted by molar-refractivity contribution is -0.115. The normalized spacial score (nSPS) is 9.80. The second kappa shape index (κ2) is 6.04. The van der Waals surface area contributed by atoms with Gasteiger partial charge in [-0.2, -0.15) is 5.26 Å². The third kappa shape index (κ3) is 3.24. The molecule has 1 aromatic heterocycles. The van der Waals surface area contributed by atoms with Crippen LogP contribution < -0.4 is 15.8 Å². The molecule has 20 heavy (non-hydrogen) atoms. The number of hydrogen-bond acceptors (Lipinski definition) is 6. The minimum atomic E-state index is -0.224. The van der Waals surface area contributed by atoms with E-state index in [0.29, 0.717) is 27.8 Å². The standard InChI is InChI=1S/C13H12N4O2S/c1-19-11-4-8(6-14)2-3-10(11)17-12(18)5-9-7-20-13(15)16-9/h2-4,7H,5H2,1H3,(H2,15,16)(H,17,18). The lowest BCUT2D eigenvalue weighted by Crippen LogP contribution is -2.15. The molecule has 2 rings (SSSR count). The molecule has 2 aromatic rings. The van der Waals surface area contributed by atoms with Crippen molar-refractivity contribution < 1.29 is 9.53 Å². The number of carbonyl (C=O) groups is 1. The van der Waals surface area contributed by atoms with Gasteiger partial charge in [-0.25, -0.2) is 4.98 Å². The Morgan fingerprint density at radius 2 is 2.40 bits per heavy atom. The van der Waals surface area contributed by atoms with Crippen molar-refractivity contribution in [2.45, 2.75) is 6.42 Å². The first-order chi connectivity index (χ1) is 9.62. The molecule has 0 aliphatic heterocycles. The molecule has 0 bridgehead atoms. The van der Waals surface area contributed by atoms with Crippen LogP contribution >= 0.6 is 11.3 Å². The van der Waals surface area contributed by atoms with E-state index in [-0.39, 0.29) is 12.3 Å². The van der Waals surface area contributed by atoms with E-state index in [1.807, 2.05) is 6.07 Å². The Morgan fingerprint density at radius 3 is 3.00 bits per heavy atom. The van der Waals surface area contributed by atoms with Crippen LogP contribution in [-0.4, -0.2) is 18.0 Å². The van der Waals surface area contributed by atoms with Gasteiger partial charge in [-0.15, -0.1) is 11.3 Å². The van der Waals surface area contributed by atoms with Crippen molar-refractivity contribution in [3.05, 3.63) is 34.8 Å². The summed E-state index contributed by atoms with van der Waals surface area (Å²) in [6.07, 6.45) is 0.136. The maximum absolute atomic E-state index is 11.9. The topological polar surface area (TPSA) is 101 Å². The molecule has 1 amide bonds. The first kappa shape index (κ1) is 13.8. The number of methoxy groups -OCH3 is 1. The first-order valence-corrected chi connectivity index (χ1v) is 6.58. The van der Waals surface area contributed by atoms with E-state index in [4.69, 9.17) is 15.7 Å².